The molecule has 116 valence electrons. The third-order valence-corrected chi connectivity index (χ3v) is 3.02. The van der Waals surface area contributed by atoms with E-state index in [0.29, 0.717) is 0 Å². The number of amides is 2. The van der Waals surface area contributed by atoms with Crippen molar-refractivity contribution in [1.29, 1.82) is 0 Å². The highest BCUT2D eigenvalue weighted by atomic mass is 16.4. The molecule has 0 heterocycles. The van der Waals surface area contributed by atoms with Crippen LogP contribution < -0.4 is 5.73 Å². The Balaban J connectivity index is 3.89. The van der Waals surface area contributed by atoms with Gasteiger partial charge in [-0.25, -0.2) is 0 Å². The first-order valence-electron chi connectivity index (χ1n) is 7.25. The van der Waals surface area contributed by atoms with E-state index in [2.05, 4.69) is 6.92 Å². The molecule has 0 fully saturated rings. The molecule has 0 aromatic heterocycles. The lowest BCUT2D eigenvalue weighted by molar-refractivity contribution is -0.145. The summed E-state index contributed by atoms with van der Waals surface area (Å²) in [7, 11) is 0. The van der Waals surface area contributed by atoms with Gasteiger partial charge in [0.25, 0.3) is 0 Å². The second-order valence-electron chi connectivity index (χ2n) is 4.98. The molecular formula is C14H26N2O4. The predicted molar refractivity (Wildman–Crippen MR) is 76.0 cm³/mol. The number of nitrogens with two attached hydrogens (primary N) is 1. The number of hydrogen-bond donors (Lipinski definition) is 2. The molecule has 6 nitrogen and oxygen atoms in total. The molecule has 0 spiro atoms. The summed E-state index contributed by atoms with van der Waals surface area (Å²) in [5.41, 5.74) is 5.00. The summed E-state index contributed by atoms with van der Waals surface area (Å²) in [6.07, 6.45) is 7.86. The number of unbranched alkanes of at least 4 members (excludes halogenated alkanes) is 6. The smallest absolute Gasteiger partial charge is 0.323 e. The van der Waals surface area contributed by atoms with Crippen LogP contribution in [0.2, 0.25) is 0 Å². The second kappa shape index (κ2) is 11.3. The Morgan fingerprint density at radius 3 is 2.00 bits per heavy atom. The van der Waals surface area contributed by atoms with Crippen LogP contribution in [0.5, 0.6) is 0 Å². The van der Waals surface area contributed by atoms with Gasteiger partial charge in [-0.15, -0.1) is 0 Å². The molecule has 0 radical (unpaired) electrons. The summed E-state index contributed by atoms with van der Waals surface area (Å²) in [6.45, 7) is 1.36. The van der Waals surface area contributed by atoms with E-state index < -0.39 is 18.4 Å². The molecule has 0 rings (SSSR count). The van der Waals surface area contributed by atoms with Crippen molar-refractivity contribution in [2.45, 2.75) is 58.3 Å². The Morgan fingerprint density at radius 2 is 1.50 bits per heavy atom. The van der Waals surface area contributed by atoms with E-state index in [-0.39, 0.29) is 18.9 Å². The summed E-state index contributed by atoms with van der Waals surface area (Å²) in [4.78, 5) is 34.2. The van der Waals surface area contributed by atoms with Crippen LogP contribution in [0, 0.1) is 0 Å². The lowest BCUT2D eigenvalue weighted by atomic mass is 10.1. The third-order valence-electron chi connectivity index (χ3n) is 3.02. The quantitative estimate of drug-likeness (QED) is 0.531. The molecule has 6 heteroatoms. The Bertz CT molecular complexity index is 302. The minimum atomic E-state index is -1.14. The van der Waals surface area contributed by atoms with Crippen LogP contribution in [-0.4, -0.2) is 40.9 Å². The Hall–Kier alpha value is -1.59. The van der Waals surface area contributed by atoms with Crippen LogP contribution >= 0.6 is 0 Å². The van der Waals surface area contributed by atoms with Gasteiger partial charge in [-0.2, -0.15) is 0 Å². The zero-order valence-corrected chi connectivity index (χ0v) is 12.3. The molecule has 0 aromatic rings. The summed E-state index contributed by atoms with van der Waals surface area (Å²) >= 11 is 0. The van der Waals surface area contributed by atoms with Crippen molar-refractivity contribution < 1.29 is 19.5 Å². The highest BCUT2D eigenvalue weighted by Gasteiger charge is 2.18. The monoisotopic (exact) mass is 286 g/mol. The van der Waals surface area contributed by atoms with Gasteiger partial charge >= 0.3 is 5.97 Å². The predicted octanol–water partition coefficient (Wildman–Crippen LogP) is 1.53. The Labute approximate surface area is 120 Å². The minimum absolute atomic E-state index is 0.272. The van der Waals surface area contributed by atoms with E-state index in [4.69, 9.17) is 10.8 Å². The average molecular weight is 286 g/mol. The van der Waals surface area contributed by atoms with Crippen LogP contribution in [0.1, 0.15) is 58.3 Å². The van der Waals surface area contributed by atoms with Crippen molar-refractivity contribution in [2.75, 3.05) is 13.1 Å². The number of carboxylic acids is 1. The first-order valence-corrected chi connectivity index (χ1v) is 7.25. The summed E-state index contributed by atoms with van der Waals surface area (Å²) in [5, 5.41) is 8.69. The number of rotatable bonds is 12. The lowest BCUT2D eigenvalue weighted by Crippen LogP contribution is -2.41. The van der Waals surface area contributed by atoms with Gasteiger partial charge in [0.2, 0.25) is 11.8 Å². The number of aliphatic carboxylic acids is 1. The van der Waals surface area contributed by atoms with Crippen LogP contribution in [0.15, 0.2) is 0 Å². The van der Waals surface area contributed by atoms with Gasteiger partial charge in [0.1, 0.15) is 6.54 Å². The fourth-order valence-electron chi connectivity index (χ4n) is 1.98. The summed E-state index contributed by atoms with van der Waals surface area (Å²) < 4.78 is 0. The van der Waals surface area contributed by atoms with Gasteiger partial charge in [-0.3, -0.25) is 14.4 Å². The number of carbonyl (C=O) groups is 3. The van der Waals surface area contributed by atoms with Crippen LogP contribution in [-0.2, 0) is 14.4 Å². The van der Waals surface area contributed by atoms with Gasteiger partial charge in [0.15, 0.2) is 0 Å². The summed E-state index contributed by atoms with van der Waals surface area (Å²) in [5.74, 6) is -2.15. The fourth-order valence-corrected chi connectivity index (χ4v) is 1.98. The molecule has 0 aliphatic rings. The van der Waals surface area contributed by atoms with Crippen molar-refractivity contribution in [2.24, 2.45) is 5.73 Å². The molecular weight excluding hydrogens is 260 g/mol. The summed E-state index contributed by atoms with van der Waals surface area (Å²) in [6, 6.07) is 0. The number of nitrogens with zero attached hydrogens (tertiary/aromatic N) is 1. The molecule has 0 unspecified atom stereocenters. The van der Waals surface area contributed by atoms with E-state index in [1.165, 1.54) is 25.7 Å². The zero-order valence-electron chi connectivity index (χ0n) is 12.3. The molecule has 0 aliphatic heterocycles. The SMILES string of the molecule is CCCCCCCCCC(=O)N(CC(N)=O)CC(=O)O. The molecule has 0 saturated heterocycles. The maximum absolute atomic E-state index is 11.8. The molecule has 0 atom stereocenters. The number of hydrogen-bond acceptors (Lipinski definition) is 3. The molecule has 0 aliphatic carbocycles. The van der Waals surface area contributed by atoms with E-state index in [9.17, 15) is 14.4 Å². The average Bonchev–Trinajstić information content (AvgIpc) is 2.35. The van der Waals surface area contributed by atoms with Crippen molar-refractivity contribution in [1.82, 2.24) is 4.90 Å². The molecule has 20 heavy (non-hydrogen) atoms. The molecule has 0 bridgehead atoms. The van der Waals surface area contributed by atoms with Crippen LogP contribution in [0.25, 0.3) is 0 Å². The lowest BCUT2D eigenvalue weighted by Gasteiger charge is -2.18. The molecule has 3 N–H and O–H groups in total. The van der Waals surface area contributed by atoms with Crippen molar-refractivity contribution in [3.05, 3.63) is 0 Å². The maximum atomic E-state index is 11.8. The number of carbonyl (C=O) groups excluding carboxylic acids is 2. The number of primary amides is 1. The van der Waals surface area contributed by atoms with Gasteiger partial charge in [0.05, 0.1) is 6.54 Å². The molecule has 0 aromatic carbocycles. The van der Waals surface area contributed by atoms with E-state index in [1.54, 1.807) is 0 Å². The van der Waals surface area contributed by atoms with Gasteiger partial charge in [0, 0.05) is 6.42 Å². The fraction of sp³-hybridized carbons (Fsp3) is 0.786. The van der Waals surface area contributed by atoms with Gasteiger partial charge in [-0.05, 0) is 6.42 Å². The van der Waals surface area contributed by atoms with Crippen LogP contribution in [0.3, 0.4) is 0 Å². The first-order chi connectivity index (χ1) is 9.47. The molecule has 2 amide bonds. The highest BCUT2D eigenvalue weighted by Crippen LogP contribution is 2.09. The standard InChI is InChI=1S/C14H26N2O4/c1-2-3-4-5-6-7-8-9-13(18)16(10-12(15)17)11-14(19)20/h2-11H2,1H3,(H2,15,17)(H,19,20). The van der Waals surface area contributed by atoms with E-state index in [0.717, 1.165) is 24.2 Å². The maximum Gasteiger partial charge on any atom is 0.323 e. The second-order valence-corrected chi connectivity index (χ2v) is 4.98. The number of carboxylic acid groups (broad SMARTS) is 1. The van der Waals surface area contributed by atoms with Crippen molar-refractivity contribution in [3.63, 3.8) is 0 Å². The van der Waals surface area contributed by atoms with Crippen molar-refractivity contribution >= 4 is 17.8 Å². The highest BCUT2D eigenvalue weighted by molar-refractivity contribution is 5.86. The normalized spacial score (nSPS) is 10.2. The van der Waals surface area contributed by atoms with Crippen molar-refractivity contribution in [3.8, 4) is 0 Å². The topological polar surface area (TPSA) is 101 Å². The van der Waals surface area contributed by atoms with Gasteiger partial charge < -0.3 is 15.7 Å². The Morgan fingerprint density at radius 1 is 0.950 bits per heavy atom. The third kappa shape index (κ3) is 10.3. The Kier molecular flexibility index (Phi) is 10.4. The minimum Gasteiger partial charge on any atom is -0.480 e. The largest absolute Gasteiger partial charge is 0.480 e. The zero-order chi connectivity index (χ0) is 15.4. The van der Waals surface area contributed by atoms with Crippen LogP contribution in [0.4, 0.5) is 0 Å². The van der Waals surface area contributed by atoms with E-state index >= 15 is 0 Å². The first kappa shape index (κ1) is 18.4. The molecule has 0 saturated carbocycles. The van der Waals surface area contributed by atoms with E-state index in [1.807, 2.05) is 0 Å². The van der Waals surface area contributed by atoms with Gasteiger partial charge in [-0.1, -0.05) is 45.4 Å².